The minimum atomic E-state index is -4.53. The number of imidazole rings is 1. The van der Waals surface area contributed by atoms with Crippen LogP contribution in [0.15, 0.2) is 61.2 Å². The van der Waals surface area contributed by atoms with Crippen LogP contribution in [0.2, 0.25) is 0 Å². The lowest BCUT2D eigenvalue weighted by Gasteiger charge is -2.18. The molecular formula is C24H21F3N6O. The van der Waals surface area contributed by atoms with Crippen molar-refractivity contribution in [3.8, 4) is 0 Å². The number of hydrogen-bond acceptors (Lipinski definition) is 5. The Labute approximate surface area is 193 Å². The van der Waals surface area contributed by atoms with E-state index in [1.807, 2.05) is 41.9 Å². The highest BCUT2D eigenvalue weighted by atomic mass is 19.4. The molecule has 0 saturated carbocycles. The predicted molar refractivity (Wildman–Crippen MR) is 121 cm³/mol. The van der Waals surface area contributed by atoms with Crippen molar-refractivity contribution in [3.63, 3.8) is 0 Å². The number of benzene rings is 1. The van der Waals surface area contributed by atoms with Crippen molar-refractivity contribution in [2.24, 2.45) is 0 Å². The highest BCUT2D eigenvalue weighted by molar-refractivity contribution is 6.04. The number of aryl methyl sites for hydroxylation is 1. The number of alkyl halides is 3. The second-order valence-corrected chi connectivity index (χ2v) is 8.33. The van der Waals surface area contributed by atoms with E-state index in [0.717, 1.165) is 54.4 Å². The van der Waals surface area contributed by atoms with Gasteiger partial charge in [-0.25, -0.2) is 4.98 Å². The zero-order valence-corrected chi connectivity index (χ0v) is 18.3. The molecule has 3 aromatic heterocycles. The van der Waals surface area contributed by atoms with Crippen LogP contribution in [0, 0.1) is 6.92 Å². The van der Waals surface area contributed by atoms with E-state index < -0.39 is 17.6 Å². The Morgan fingerprint density at radius 3 is 2.82 bits per heavy atom. The van der Waals surface area contributed by atoms with Gasteiger partial charge in [-0.2, -0.15) is 22.8 Å². The molecule has 1 N–H and O–H groups in total. The fourth-order valence-electron chi connectivity index (χ4n) is 4.34. The first-order valence-corrected chi connectivity index (χ1v) is 10.8. The first kappa shape index (κ1) is 21.9. The van der Waals surface area contributed by atoms with Gasteiger partial charge in [-0.3, -0.25) is 9.78 Å². The van der Waals surface area contributed by atoms with Crippen LogP contribution in [0.4, 0.5) is 24.7 Å². The predicted octanol–water partition coefficient (Wildman–Crippen LogP) is 4.70. The number of pyridine rings is 1. The van der Waals surface area contributed by atoms with Crippen LogP contribution in [-0.4, -0.2) is 38.6 Å². The maximum absolute atomic E-state index is 13.0. The van der Waals surface area contributed by atoms with Gasteiger partial charge in [0.2, 0.25) is 0 Å². The van der Waals surface area contributed by atoms with E-state index in [1.165, 1.54) is 6.20 Å². The van der Waals surface area contributed by atoms with Gasteiger partial charge in [0.05, 0.1) is 23.6 Å². The Bertz CT molecular complexity index is 1370. The molecule has 34 heavy (non-hydrogen) atoms. The minimum absolute atomic E-state index is 0.00546. The molecule has 1 atom stereocenters. The smallest absolute Gasteiger partial charge is 0.355 e. The summed E-state index contributed by atoms with van der Waals surface area (Å²) in [4.78, 5) is 23.0. The van der Waals surface area contributed by atoms with Crippen LogP contribution < -0.4 is 10.2 Å². The number of nitrogens with zero attached hydrogens (tertiary/aromatic N) is 5. The van der Waals surface area contributed by atoms with Gasteiger partial charge in [0.15, 0.2) is 11.5 Å². The number of carbonyl (C=O) groups is 1. The van der Waals surface area contributed by atoms with Gasteiger partial charge >= 0.3 is 6.18 Å². The van der Waals surface area contributed by atoms with Crippen molar-refractivity contribution >= 4 is 23.1 Å². The van der Waals surface area contributed by atoms with Gasteiger partial charge in [-0.15, -0.1) is 0 Å². The topological polar surface area (TPSA) is 75.4 Å². The van der Waals surface area contributed by atoms with E-state index in [4.69, 9.17) is 0 Å². The summed E-state index contributed by atoms with van der Waals surface area (Å²) in [6.07, 6.45) is 1.81. The van der Waals surface area contributed by atoms with Crippen molar-refractivity contribution < 1.29 is 18.0 Å². The summed E-state index contributed by atoms with van der Waals surface area (Å²) in [6.45, 7) is 3.56. The summed E-state index contributed by atoms with van der Waals surface area (Å²) < 4.78 is 40.7. The van der Waals surface area contributed by atoms with Crippen LogP contribution >= 0.6 is 0 Å². The zero-order valence-electron chi connectivity index (χ0n) is 18.3. The molecule has 0 radical (unpaired) electrons. The number of carbonyl (C=O) groups excluding carboxylic acids is 1. The molecule has 7 nitrogen and oxygen atoms in total. The molecule has 1 unspecified atom stereocenters. The number of aromatic nitrogens is 4. The van der Waals surface area contributed by atoms with Crippen molar-refractivity contribution in [1.29, 1.82) is 0 Å². The number of anilines is 2. The standard InChI is InChI=1S/C24H21F3N6O/c1-15-4-5-16(23(34)31-19-10-18(11-28-12-19)24(25,26)27)9-20(15)17-6-8-32(14-17)22-13-29-21-3-2-7-30-33(21)22/h2-5,7,9-13,17H,6,8,14H2,1H3,(H,31,34). The van der Waals surface area contributed by atoms with E-state index in [2.05, 4.69) is 25.3 Å². The van der Waals surface area contributed by atoms with Gasteiger partial charge in [-0.1, -0.05) is 6.07 Å². The average Bonchev–Trinajstić information content (AvgIpc) is 3.46. The molecule has 1 aliphatic rings. The molecule has 1 aromatic carbocycles. The number of rotatable bonds is 4. The van der Waals surface area contributed by atoms with Crippen LogP contribution in [0.1, 0.15) is 39.4 Å². The Hall–Kier alpha value is -3.95. The fraction of sp³-hybridized carbons (Fsp3) is 0.250. The third-order valence-electron chi connectivity index (χ3n) is 6.08. The van der Waals surface area contributed by atoms with Crippen molar-refractivity contribution in [2.75, 3.05) is 23.3 Å². The molecule has 0 aliphatic carbocycles. The van der Waals surface area contributed by atoms with Crippen LogP contribution in [0.25, 0.3) is 5.65 Å². The van der Waals surface area contributed by atoms with E-state index in [1.54, 1.807) is 12.3 Å². The summed E-state index contributed by atoms with van der Waals surface area (Å²) in [5.74, 6) is 0.627. The maximum atomic E-state index is 13.0. The molecule has 4 heterocycles. The summed E-state index contributed by atoms with van der Waals surface area (Å²) in [7, 11) is 0. The zero-order chi connectivity index (χ0) is 23.9. The lowest BCUT2D eigenvalue weighted by atomic mass is 9.92. The fourth-order valence-corrected chi connectivity index (χ4v) is 4.34. The van der Waals surface area contributed by atoms with Crippen LogP contribution in [0.3, 0.4) is 0 Å². The molecule has 10 heteroatoms. The summed E-state index contributed by atoms with van der Waals surface area (Å²) in [6, 6.07) is 9.99. The Kier molecular flexibility index (Phi) is 5.43. The highest BCUT2D eigenvalue weighted by Crippen LogP contribution is 2.33. The van der Waals surface area contributed by atoms with Crippen molar-refractivity contribution in [1.82, 2.24) is 19.6 Å². The molecule has 1 saturated heterocycles. The van der Waals surface area contributed by atoms with Crippen LogP contribution in [-0.2, 0) is 6.18 Å². The summed E-state index contributed by atoms with van der Waals surface area (Å²) in [5.41, 5.74) is 2.34. The monoisotopic (exact) mass is 466 g/mol. The summed E-state index contributed by atoms with van der Waals surface area (Å²) in [5, 5.41) is 6.91. The molecular weight excluding hydrogens is 445 g/mol. The lowest BCUT2D eigenvalue weighted by molar-refractivity contribution is -0.137. The second-order valence-electron chi connectivity index (χ2n) is 8.33. The first-order valence-electron chi connectivity index (χ1n) is 10.8. The molecule has 0 bridgehead atoms. The third kappa shape index (κ3) is 4.18. The highest BCUT2D eigenvalue weighted by Gasteiger charge is 2.31. The van der Waals surface area contributed by atoms with E-state index in [-0.39, 0.29) is 11.6 Å². The number of fused-ring (bicyclic) bond motifs is 1. The van der Waals surface area contributed by atoms with E-state index >= 15 is 0 Å². The number of halogens is 3. The maximum Gasteiger partial charge on any atom is 0.417 e. The Balaban J connectivity index is 1.35. The lowest BCUT2D eigenvalue weighted by Crippen LogP contribution is -2.21. The first-order chi connectivity index (χ1) is 16.3. The molecule has 174 valence electrons. The number of amides is 1. The summed E-state index contributed by atoms with van der Waals surface area (Å²) >= 11 is 0. The quantitative estimate of drug-likeness (QED) is 0.472. The number of nitrogens with one attached hydrogen (secondary N) is 1. The Morgan fingerprint density at radius 1 is 1.15 bits per heavy atom. The average molecular weight is 466 g/mol. The van der Waals surface area contributed by atoms with Gasteiger partial charge in [-0.05, 0) is 54.8 Å². The molecule has 4 aromatic rings. The van der Waals surface area contributed by atoms with Gasteiger partial charge in [0.25, 0.3) is 5.91 Å². The van der Waals surface area contributed by atoms with Crippen molar-refractivity contribution in [2.45, 2.75) is 25.4 Å². The normalized spacial score (nSPS) is 16.2. The van der Waals surface area contributed by atoms with Gasteiger partial charge in [0.1, 0.15) is 0 Å². The van der Waals surface area contributed by atoms with Crippen LogP contribution in [0.5, 0.6) is 0 Å². The van der Waals surface area contributed by atoms with Gasteiger partial charge in [0, 0.05) is 37.0 Å². The van der Waals surface area contributed by atoms with Gasteiger partial charge < -0.3 is 10.2 Å². The second kappa shape index (κ2) is 8.44. The molecule has 1 aliphatic heterocycles. The molecule has 1 fully saturated rings. The third-order valence-corrected chi connectivity index (χ3v) is 6.08. The minimum Gasteiger partial charge on any atom is -0.355 e. The Morgan fingerprint density at radius 2 is 2.00 bits per heavy atom. The molecule has 5 rings (SSSR count). The molecule has 0 spiro atoms. The number of hydrogen-bond donors (Lipinski definition) is 1. The van der Waals surface area contributed by atoms with E-state index in [0.29, 0.717) is 5.56 Å². The molecule has 1 amide bonds. The van der Waals surface area contributed by atoms with E-state index in [9.17, 15) is 18.0 Å². The van der Waals surface area contributed by atoms with Crippen molar-refractivity contribution in [3.05, 3.63) is 83.4 Å². The largest absolute Gasteiger partial charge is 0.417 e. The SMILES string of the molecule is Cc1ccc(C(=O)Nc2cncc(C(F)(F)F)c2)cc1C1CCN(c2cnc3cccnn23)C1.